The zero-order valence-corrected chi connectivity index (χ0v) is 9.48. The molecule has 1 aliphatic rings. The van der Waals surface area contributed by atoms with Crippen molar-refractivity contribution in [1.82, 2.24) is 10.2 Å². The van der Waals surface area contributed by atoms with E-state index in [1.165, 1.54) is 0 Å². The molecule has 7 heteroatoms. The highest BCUT2D eigenvalue weighted by Gasteiger charge is 2.25. The predicted molar refractivity (Wildman–Crippen MR) is 58.0 cm³/mol. The molecule has 0 saturated carbocycles. The van der Waals surface area contributed by atoms with Crippen LogP contribution < -0.4 is 10.6 Å². The second-order valence-corrected chi connectivity index (χ2v) is 4.04. The van der Waals surface area contributed by atoms with E-state index in [1.54, 1.807) is 0 Å². The first-order valence-corrected chi connectivity index (χ1v) is 5.66. The van der Waals surface area contributed by atoms with Gasteiger partial charge >= 0.3 is 6.01 Å². The van der Waals surface area contributed by atoms with Gasteiger partial charge < -0.3 is 15.1 Å². The lowest BCUT2D eigenvalue weighted by Crippen LogP contribution is -2.38. The number of carbonyl (C=O) groups excluding carboxylic acids is 1. The summed E-state index contributed by atoms with van der Waals surface area (Å²) in [5.74, 6) is 0.358. The molecule has 1 aromatic rings. The molecule has 1 aliphatic heterocycles. The van der Waals surface area contributed by atoms with Gasteiger partial charge in [-0.05, 0) is 12.8 Å². The van der Waals surface area contributed by atoms with Crippen LogP contribution in [-0.4, -0.2) is 29.2 Å². The summed E-state index contributed by atoms with van der Waals surface area (Å²) in [5.41, 5.74) is 5.25. The number of amides is 1. The fourth-order valence-corrected chi connectivity index (χ4v) is 1.89. The van der Waals surface area contributed by atoms with Crippen LogP contribution >= 0.6 is 11.6 Å². The number of halogens is 1. The molecule has 2 N–H and O–H groups in total. The highest BCUT2D eigenvalue weighted by Crippen LogP contribution is 2.22. The normalized spacial score (nSPS) is 17.7. The number of aromatic nitrogens is 2. The van der Waals surface area contributed by atoms with Crippen LogP contribution in [0.3, 0.4) is 0 Å². The van der Waals surface area contributed by atoms with Crippen LogP contribution in [0.1, 0.15) is 18.7 Å². The Morgan fingerprint density at radius 2 is 2.19 bits per heavy atom. The van der Waals surface area contributed by atoms with Crippen LogP contribution in [-0.2, 0) is 10.7 Å². The average molecular weight is 245 g/mol. The molecule has 1 amide bonds. The zero-order chi connectivity index (χ0) is 11.5. The van der Waals surface area contributed by atoms with E-state index in [1.807, 2.05) is 4.90 Å². The Bertz CT molecular complexity index is 373. The van der Waals surface area contributed by atoms with Crippen molar-refractivity contribution < 1.29 is 9.21 Å². The van der Waals surface area contributed by atoms with Gasteiger partial charge in [0.1, 0.15) is 5.88 Å². The number of hydrogen-bond donors (Lipinski definition) is 1. The summed E-state index contributed by atoms with van der Waals surface area (Å²) < 4.78 is 5.32. The summed E-state index contributed by atoms with van der Waals surface area (Å²) in [7, 11) is 0. The summed E-state index contributed by atoms with van der Waals surface area (Å²) in [6.07, 6.45) is 1.46. The first kappa shape index (κ1) is 11.2. The molecule has 0 aromatic carbocycles. The molecule has 6 nitrogen and oxygen atoms in total. The van der Waals surface area contributed by atoms with E-state index < -0.39 is 0 Å². The highest BCUT2D eigenvalue weighted by molar-refractivity contribution is 6.16. The molecule has 2 heterocycles. The third-order valence-corrected chi connectivity index (χ3v) is 2.97. The first-order valence-electron chi connectivity index (χ1n) is 5.13. The van der Waals surface area contributed by atoms with Gasteiger partial charge in [-0.3, -0.25) is 4.79 Å². The van der Waals surface area contributed by atoms with Crippen molar-refractivity contribution in [3.05, 3.63) is 5.89 Å². The van der Waals surface area contributed by atoms with E-state index in [0.717, 1.165) is 12.8 Å². The Balaban J connectivity index is 1.96. The number of nitrogens with two attached hydrogens (primary N) is 1. The van der Waals surface area contributed by atoms with E-state index in [9.17, 15) is 4.79 Å². The lowest BCUT2D eigenvalue weighted by molar-refractivity contribution is -0.122. The summed E-state index contributed by atoms with van der Waals surface area (Å²) in [6, 6.07) is 0.471. The van der Waals surface area contributed by atoms with Gasteiger partial charge in [-0.25, -0.2) is 0 Å². The lowest BCUT2D eigenvalue weighted by Gasteiger charge is -2.28. The molecule has 1 aromatic heterocycles. The molecule has 2 rings (SSSR count). The third kappa shape index (κ3) is 2.27. The molecule has 88 valence electrons. The predicted octanol–water partition coefficient (Wildman–Crippen LogP) is 0.510. The summed E-state index contributed by atoms with van der Waals surface area (Å²) in [5, 5.41) is 7.67. The van der Waals surface area contributed by atoms with Gasteiger partial charge in [-0.1, -0.05) is 5.10 Å². The van der Waals surface area contributed by atoms with Crippen molar-refractivity contribution in [3.8, 4) is 0 Å². The van der Waals surface area contributed by atoms with Crippen molar-refractivity contribution in [2.45, 2.75) is 18.7 Å². The van der Waals surface area contributed by atoms with Crippen molar-refractivity contribution in [2.75, 3.05) is 18.0 Å². The number of hydrogen-bond acceptors (Lipinski definition) is 5. The van der Waals surface area contributed by atoms with Crippen LogP contribution in [0.4, 0.5) is 6.01 Å². The minimum absolute atomic E-state index is 0.0355. The fraction of sp³-hybridized carbons (Fsp3) is 0.667. The van der Waals surface area contributed by atoms with Gasteiger partial charge in [-0.2, -0.15) is 0 Å². The number of primary amides is 1. The van der Waals surface area contributed by atoms with Gasteiger partial charge in [0.2, 0.25) is 11.8 Å². The largest absolute Gasteiger partial charge is 0.407 e. The quantitative estimate of drug-likeness (QED) is 0.783. The van der Waals surface area contributed by atoms with Crippen LogP contribution in [0.5, 0.6) is 0 Å². The first-order chi connectivity index (χ1) is 7.70. The van der Waals surface area contributed by atoms with Gasteiger partial charge in [-0.15, -0.1) is 16.7 Å². The summed E-state index contributed by atoms with van der Waals surface area (Å²) in [4.78, 5) is 12.9. The molecule has 1 fully saturated rings. The van der Waals surface area contributed by atoms with Gasteiger partial charge in [0, 0.05) is 19.0 Å². The molecule has 0 atom stereocenters. The Labute approximate surface area is 97.7 Å². The van der Waals surface area contributed by atoms with Crippen molar-refractivity contribution >= 4 is 23.5 Å². The second kappa shape index (κ2) is 4.69. The number of alkyl halides is 1. The van der Waals surface area contributed by atoms with E-state index in [4.69, 9.17) is 21.8 Å². The van der Waals surface area contributed by atoms with Gasteiger partial charge in [0.05, 0.1) is 0 Å². The Kier molecular flexibility index (Phi) is 3.28. The smallest absolute Gasteiger partial charge is 0.318 e. The number of anilines is 1. The number of nitrogens with zero attached hydrogens (tertiary/aromatic N) is 3. The van der Waals surface area contributed by atoms with Crippen molar-refractivity contribution in [1.29, 1.82) is 0 Å². The monoisotopic (exact) mass is 244 g/mol. The fourth-order valence-electron chi connectivity index (χ4n) is 1.78. The van der Waals surface area contributed by atoms with Crippen molar-refractivity contribution in [3.63, 3.8) is 0 Å². The highest BCUT2D eigenvalue weighted by atomic mass is 35.5. The summed E-state index contributed by atoms with van der Waals surface area (Å²) in [6.45, 7) is 1.41. The molecule has 0 aliphatic carbocycles. The molecule has 0 unspecified atom stereocenters. The standard InChI is InChI=1S/C9H13ClN4O2/c10-5-7-12-13-9(16-7)14-3-1-6(2-4-14)8(11)15/h6H,1-5H2,(H2,11,15). The Morgan fingerprint density at radius 1 is 1.50 bits per heavy atom. The molecule has 0 spiro atoms. The van der Waals surface area contributed by atoms with E-state index in [0.29, 0.717) is 25.0 Å². The maximum Gasteiger partial charge on any atom is 0.318 e. The number of carbonyl (C=O) groups is 1. The summed E-state index contributed by atoms with van der Waals surface area (Å²) >= 11 is 5.57. The minimum atomic E-state index is -0.230. The lowest BCUT2D eigenvalue weighted by atomic mass is 9.97. The zero-order valence-electron chi connectivity index (χ0n) is 8.73. The molecule has 0 bridgehead atoms. The number of rotatable bonds is 3. The van der Waals surface area contributed by atoms with Gasteiger partial charge in [0.25, 0.3) is 0 Å². The maximum absolute atomic E-state index is 11.0. The van der Waals surface area contributed by atoms with Crippen LogP contribution in [0.15, 0.2) is 4.42 Å². The SMILES string of the molecule is NC(=O)C1CCN(c2nnc(CCl)o2)CC1. The topological polar surface area (TPSA) is 85.3 Å². The van der Waals surface area contributed by atoms with Gasteiger partial charge in [0.15, 0.2) is 0 Å². The third-order valence-electron chi connectivity index (χ3n) is 2.74. The molecular weight excluding hydrogens is 232 g/mol. The second-order valence-electron chi connectivity index (χ2n) is 3.78. The van der Waals surface area contributed by atoms with Crippen molar-refractivity contribution in [2.24, 2.45) is 11.7 Å². The van der Waals surface area contributed by atoms with E-state index >= 15 is 0 Å². The minimum Gasteiger partial charge on any atom is -0.407 e. The maximum atomic E-state index is 11.0. The Morgan fingerprint density at radius 3 is 2.69 bits per heavy atom. The van der Waals surface area contributed by atoms with Crippen LogP contribution in [0, 0.1) is 5.92 Å². The molecule has 1 saturated heterocycles. The average Bonchev–Trinajstić information content (AvgIpc) is 2.77. The van der Waals surface area contributed by atoms with E-state index in [-0.39, 0.29) is 17.7 Å². The Hall–Kier alpha value is -1.30. The molecule has 16 heavy (non-hydrogen) atoms. The van der Waals surface area contributed by atoms with Crippen LogP contribution in [0.2, 0.25) is 0 Å². The molecule has 0 radical (unpaired) electrons. The number of piperidine rings is 1. The van der Waals surface area contributed by atoms with Crippen LogP contribution in [0.25, 0.3) is 0 Å². The van der Waals surface area contributed by atoms with E-state index in [2.05, 4.69) is 10.2 Å². The molecular formula is C9H13ClN4O2.